The number of carboxylic acids is 1. The zero-order valence-electron chi connectivity index (χ0n) is 5.00. The Kier molecular flexibility index (Phi) is 1.46. The molecule has 10 heavy (non-hydrogen) atoms. The first-order valence-corrected chi connectivity index (χ1v) is 2.53. The van der Waals surface area contributed by atoms with Crippen LogP contribution in [0, 0.1) is 12.3 Å². The zero-order valence-corrected chi connectivity index (χ0v) is 5.00. The second kappa shape index (κ2) is 2.28. The van der Waals surface area contributed by atoms with Crippen LogP contribution < -0.4 is 0 Å². The van der Waals surface area contributed by atoms with Crippen molar-refractivity contribution in [3.05, 3.63) is 23.7 Å². The maximum absolute atomic E-state index is 10.3. The van der Waals surface area contributed by atoms with Crippen molar-refractivity contribution in [1.82, 2.24) is 0 Å². The molecule has 1 aromatic rings. The van der Waals surface area contributed by atoms with Crippen molar-refractivity contribution in [2.24, 2.45) is 0 Å². The number of furan rings is 1. The fourth-order valence-corrected chi connectivity index (χ4v) is 0.589. The van der Waals surface area contributed by atoms with E-state index in [9.17, 15) is 4.79 Å². The predicted molar refractivity (Wildman–Crippen MR) is 33.6 cm³/mol. The molecule has 1 heterocycles. The Labute approximate surface area is 57.3 Å². The molecule has 0 fully saturated rings. The number of rotatable bonds is 1. The molecule has 0 aromatic carbocycles. The van der Waals surface area contributed by atoms with Crippen LogP contribution in [0.1, 0.15) is 16.1 Å². The van der Waals surface area contributed by atoms with Gasteiger partial charge in [-0.25, -0.2) is 4.79 Å². The van der Waals surface area contributed by atoms with Crippen LogP contribution in [0.15, 0.2) is 16.7 Å². The summed E-state index contributed by atoms with van der Waals surface area (Å²) < 4.78 is 4.57. The highest BCUT2D eigenvalue weighted by molar-refractivity contribution is 5.87. The van der Waals surface area contributed by atoms with E-state index in [0.717, 1.165) is 0 Å². The normalized spacial score (nSPS) is 8.70. The van der Waals surface area contributed by atoms with Gasteiger partial charge in [-0.15, -0.1) is 6.42 Å². The molecule has 0 unspecified atom stereocenters. The minimum absolute atomic E-state index is 0.178. The van der Waals surface area contributed by atoms with E-state index >= 15 is 0 Å². The van der Waals surface area contributed by atoms with Gasteiger partial charge in [-0.1, -0.05) is 5.92 Å². The Morgan fingerprint density at radius 3 is 2.90 bits per heavy atom. The molecule has 0 radical (unpaired) electrons. The van der Waals surface area contributed by atoms with Crippen LogP contribution in [0.25, 0.3) is 0 Å². The van der Waals surface area contributed by atoms with Crippen molar-refractivity contribution in [3.8, 4) is 12.3 Å². The van der Waals surface area contributed by atoms with Gasteiger partial charge in [0.05, 0.1) is 11.8 Å². The lowest BCUT2D eigenvalue weighted by atomic mass is 10.3. The van der Waals surface area contributed by atoms with E-state index in [1.807, 2.05) is 0 Å². The van der Waals surface area contributed by atoms with E-state index in [2.05, 4.69) is 10.3 Å². The molecule has 0 amide bonds. The average Bonchev–Trinajstić information content (AvgIpc) is 2.33. The summed E-state index contributed by atoms with van der Waals surface area (Å²) in [5, 5.41) is 8.40. The lowest BCUT2D eigenvalue weighted by Gasteiger charge is -1.84. The molecule has 1 aromatic heterocycles. The topological polar surface area (TPSA) is 50.4 Å². The highest BCUT2D eigenvalue weighted by atomic mass is 16.4. The summed E-state index contributed by atoms with van der Waals surface area (Å²) in [6, 6.07) is 1.43. The Hall–Kier alpha value is -1.69. The van der Waals surface area contributed by atoms with Crippen LogP contribution in [-0.2, 0) is 0 Å². The largest absolute Gasteiger partial charge is 0.475 e. The highest BCUT2D eigenvalue weighted by Gasteiger charge is 2.10. The van der Waals surface area contributed by atoms with Crippen molar-refractivity contribution in [2.75, 3.05) is 0 Å². The number of hydrogen-bond donors (Lipinski definition) is 1. The Balaban J connectivity index is 3.17. The SMILES string of the molecule is C#Cc1ccoc1C(=O)O. The van der Waals surface area contributed by atoms with Crippen LogP contribution in [0.4, 0.5) is 0 Å². The van der Waals surface area contributed by atoms with E-state index in [1.165, 1.54) is 12.3 Å². The lowest BCUT2D eigenvalue weighted by molar-refractivity contribution is 0.0662. The first-order chi connectivity index (χ1) is 4.75. The number of carbonyl (C=O) groups is 1. The van der Waals surface area contributed by atoms with E-state index in [4.69, 9.17) is 11.5 Å². The van der Waals surface area contributed by atoms with Crippen LogP contribution in [0.2, 0.25) is 0 Å². The third-order valence-corrected chi connectivity index (χ3v) is 1.01. The summed E-state index contributed by atoms with van der Waals surface area (Å²) in [7, 11) is 0. The smallest absolute Gasteiger partial charge is 0.373 e. The third kappa shape index (κ3) is 0.869. The van der Waals surface area contributed by atoms with Crippen LogP contribution in [0.5, 0.6) is 0 Å². The fourth-order valence-electron chi connectivity index (χ4n) is 0.589. The van der Waals surface area contributed by atoms with Gasteiger partial charge >= 0.3 is 5.97 Å². The molecule has 1 N–H and O–H groups in total. The number of hydrogen-bond acceptors (Lipinski definition) is 2. The van der Waals surface area contributed by atoms with Gasteiger partial charge in [0.15, 0.2) is 0 Å². The van der Waals surface area contributed by atoms with Gasteiger partial charge in [-0.3, -0.25) is 0 Å². The monoisotopic (exact) mass is 136 g/mol. The van der Waals surface area contributed by atoms with E-state index < -0.39 is 5.97 Å². The summed E-state index contributed by atoms with van der Waals surface area (Å²) in [5.41, 5.74) is 0.271. The quantitative estimate of drug-likeness (QED) is 0.585. The summed E-state index contributed by atoms with van der Waals surface area (Å²) in [6.07, 6.45) is 6.21. The summed E-state index contributed by atoms with van der Waals surface area (Å²) in [5.74, 6) is 0.863. The number of terminal acetylenes is 1. The Morgan fingerprint density at radius 2 is 2.50 bits per heavy atom. The Morgan fingerprint density at radius 1 is 1.80 bits per heavy atom. The van der Waals surface area contributed by atoms with Gasteiger partial charge in [0.2, 0.25) is 5.76 Å². The van der Waals surface area contributed by atoms with Crippen LogP contribution in [0.3, 0.4) is 0 Å². The first-order valence-electron chi connectivity index (χ1n) is 2.53. The summed E-state index contributed by atoms with van der Waals surface area (Å²) >= 11 is 0. The maximum atomic E-state index is 10.3. The molecule has 1 rings (SSSR count). The van der Waals surface area contributed by atoms with Crippen molar-refractivity contribution >= 4 is 5.97 Å². The maximum Gasteiger partial charge on any atom is 0.373 e. The van der Waals surface area contributed by atoms with Crippen molar-refractivity contribution in [2.45, 2.75) is 0 Å². The second-order valence-electron chi connectivity index (χ2n) is 1.61. The van der Waals surface area contributed by atoms with Crippen LogP contribution in [-0.4, -0.2) is 11.1 Å². The summed E-state index contributed by atoms with van der Waals surface area (Å²) in [6.45, 7) is 0. The first kappa shape index (κ1) is 6.43. The molecule has 0 aliphatic rings. The van der Waals surface area contributed by atoms with Gasteiger partial charge < -0.3 is 9.52 Å². The molecule has 3 nitrogen and oxygen atoms in total. The Bertz CT molecular complexity index is 290. The van der Waals surface area contributed by atoms with Gasteiger partial charge in [0.1, 0.15) is 0 Å². The predicted octanol–water partition coefficient (Wildman–Crippen LogP) is 0.959. The molecular formula is C7H4O3. The van der Waals surface area contributed by atoms with E-state index in [1.54, 1.807) is 0 Å². The molecule has 50 valence electrons. The number of carboxylic acid groups (broad SMARTS) is 1. The van der Waals surface area contributed by atoms with Crippen molar-refractivity contribution in [3.63, 3.8) is 0 Å². The minimum atomic E-state index is -1.14. The average molecular weight is 136 g/mol. The molecule has 0 aliphatic carbocycles. The molecule has 0 saturated carbocycles. The third-order valence-electron chi connectivity index (χ3n) is 1.01. The van der Waals surface area contributed by atoms with E-state index in [-0.39, 0.29) is 11.3 Å². The molecule has 0 saturated heterocycles. The molecule has 0 atom stereocenters. The zero-order chi connectivity index (χ0) is 7.56. The standard InChI is InChI=1S/C7H4O3/c1-2-5-3-4-10-6(5)7(8)9/h1,3-4H,(H,8,9). The van der Waals surface area contributed by atoms with Gasteiger partial charge in [0, 0.05) is 0 Å². The molecule has 3 heteroatoms. The molecule has 0 bridgehead atoms. The fraction of sp³-hybridized carbons (Fsp3) is 0. The second-order valence-corrected chi connectivity index (χ2v) is 1.61. The lowest BCUT2D eigenvalue weighted by Crippen LogP contribution is -1.95. The van der Waals surface area contributed by atoms with Crippen LogP contribution >= 0.6 is 0 Å². The number of aromatic carboxylic acids is 1. The summed E-state index contributed by atoms with van der Waals surface area (Å²) in [4.78, 5) is 10.3. The van der Waals surface area contributed by atoms with Crippen molar-refractivity contribution < 1.29 is 14.3 Å². The highest BCUT2D eigenvalue weighted by Crippen LogP contribution is 2.07. The molecule has 0 aliphatic heterocycles. The van der Waals surface area contributed by atoms with Gasteiger partial charge in [-0.2, -0.15) is 0 Å². The van der Waals surface area contributed by atoms with Gasteiger partial charge in [-0.05, 0) is 6.07 Å². The minimum Gasteiger partial charge on any atom is -0.475 e. The van der Waals surface area contributed by atoms with Gasteiger partial charge in [0.25, 0.3) is 0 Å². The molecular weight excluding hydrogens is 132 g/mol. The van der Waals surface area contributed by atoms with Crippen molar-refractivity contribution in [1.29, 1.82) is 0 Å². The molecule has 0 spiro atoms. The van der Waals surface area contributed by atoms with E-state index in [0.29, 0.717) is 0 Å².